The van der Waals surface area contributed by atoms with Crippen molar-refractivity contribution >= 4 is 34.3 Å². The summed E-state index contributed by atoms with van der Waals surface area (Å²) >= 11 is 0.893. The standard InChI is InChI=1S/C17H17F2N3O4S/c1-8(2)13(21-14(23)12-9(18)5-4-6-10(12)19)15(24)22-17-20-7-11(27-17)16(25)26-3/h4-8,13H,1-3H3,(H,21,23)(H,20,22,24)/t13-/m1/s1. The van der Waals surface area contributed by atoms with Crippen LogP contribution >= 0.6 is 11.3 Å². The Labute approximate surface area is 157 Å². The molecule has 2 N–H and O–H groups in total. The summed E-state index contributed by atoms with van der Waals surface area (Å²) < 4.78 is 32.1. The lowest BCUT2D eigenvalue weighted by Crippen LogP contribution is -2.47. The lowest BCUT2D eigenvalue weighted by Gasteiger charge is -2.21. The lowest BCUT2D eigenvalue weighted by molar-refractivity contribution is -0.118. The smallest absolute Gasteiger partial charge is 0.349 e. The molecule has 0 saturated carbocycles. The maximum atomic E-state index is 13.8. The maximum absolute atomic E-state index is 13.8. The number of nitrogens with zero attached hydrogens (tertiary/aromatic N) is 1. The van der Waals surface area contributed by atoms with Crippen LogP contribution in [0.1, 0.15) is 33.9 Å². The molecule has 0 aliphatic carbocycles. The van der Waals surface area contributed by atoms with Crippen LogP contribution in [0.5, 0.6) is 0 Å². The van der Waals surface area contributed by atoms with Crippen molar-refractivity contribution in [1.29, 1.82) is 0 Å². The first-order valence-electron chi connectivity index (χ1n) is 7.84. The van der Waals surface area contributed by atoms with Crippen LogP contribution in [0.4, 0.5) is 13.9 Å². The van der Waals surface area contributed by atoms with E-state index in [9.17, 15) is 23.2 Å². The Morgan fingerprint density at radius 2 is 1.81 bits per heavy atom. The number of rotatable bonds is 6. The molecule has 0 spiro atoms. The number of methoxy groups -OCH3 is 1. The summed E-state index contributed by atoms with van der Waals surface area (Å²) in [6.45, 7) is 3.31. The fourth-order valence-corrected chi connectivity index (χ4v) is 2.91. The number of benzene rings is 1. The largest absolute Gasteiger partial charge is 0.465 e. The Balaban J connectivity index is 2.14. The molecule has 27 heavy (non-hydrogen) atoms. The van der Waals surface area contributed by atoms with Crippen LogP contribution in [0.25, 0.3) is 0 Å². The molecule has 10 heteroatoms. The number of nitrogens with one attached hydrogen (secondary N) is 2. The second-order valence-electron chi connectivity index (χ2n) is 5.80. The van der Waals surface area contributed by atoms with Gasteiger partial charge in [0.15, 0.2) is 5.13 Å². The summed E-state index contributed by atoms with van der Waals surface area (Å²) in [7, 11) is 1.21. The van der Waals surface area contributed by atoms with Gasteiger partial charge in [0.2, 0.25) is 5.91 Å². The predicted octanol–water partition coefficient (Wildman–Crippen LogP) is 2.60. The Kier molecular flexibility index (Phi) is 6.56. The molecule has 1 heterocycles. The molecular weight excluding hydrogens is 380 g/mol. The van der Waals surface area contributed by atoms with E-state index in [1.807, 2.05) is 0 Å². The zero-order chi connectivity index (χ0) is 20.1. The minimum atomic E-state index is -1.08. The minimum Gasteiger partial charge on any atom is -0.465 e. The van der Waals surface area contributed by atoms with E-state index in [0.717, 1.165) is 29.5 Å². The van der Waals surface area contributed by atoms with Gasteiger partial charge in [0.25, 0.3) is 5.91 Å². The molecule has 0 aliphatic heterocycles. The summed E-state index contributed by atoms with van der Waals surface area (Å²) in [5.41, 5.74) is -0.766. The van der Waals surface area contributed by atoms with Crippen molar-refractivity contribution in [3.63, 3.8) is 0 Å². The molecule has 2 amide bonds. The first kappa shape index (κ1) is 20.4. The van der Waals surface area contributed by atoms with Gasteiger partial charge in [-0.15, -0.1) is 0 Å². The Hall–Kier alpha value is -2.88. The maximum Gasteiger partial charge on any atom is 0.349 e. The lowest BCUT2D eigenvalue weighted by atomic mass is 10.0. The van der Waals surface area contributed by atoms with E-state index in [-0.39, 0.29) is 15.9 Å². The zero-order valence-electron chi connectivity index (χ0n) is 14.7. The summed E-state index contributed by atoms with van der Waals surface area (Å²) in [5.74, 6) is -4.73. The van der Waals surface area contributed by atoms with Crippen LogP contribution in [0.3, 0.4) is 0 Å². The van der Waals surface area contributed by atoms with Gasteiger partial charge in [0.05, 0.1) is 13.3 Å². The summed E-state index contributed by atoms with van der Waals surface area (Å²) in [6, 6.07) is 1.95. The number of anilines is 1. The van der Waals surface area contributed by atoms with Gasteiger partial charge in [0, 0.05) is 0 Å². The van der Waals surface area contributed by atoms with Crippen LogP contribution in [-0.2, 0) is 9.53 Å². The van der Waals surface area contributed by atoms with Crippen molar-refractivity contribution in [2.24, 2.45) is 5.92 Å². The fourth-order valence-electron chi connectivity index (χ4n) is 2.17. The number of esters is 1. The molecule has 0 fully saturated rings. The fraction of sp³-hybridized carbons (Fsp3) is 0.294. The van der Waals surface area contributed by atoms with E-state index in [1.165, 1.54) is 13.3 Å². The first-order valence-corrected chi connectivity index (χ1v) is 8.66. The van der Waals surface area contributed by atoms with E-state index in [1.54, 1.807) is 13.8 Å². The number of thiazole rings is 1. The molecule has 1 aromatic heterocycles. The van der Waals surface area contributed by atoms with Gasteiger partial charge in [-0.05, 0) is 18.1 Å². The molecule has 0 radical (unpaired) electrons. The molecule has 2 rings (SSSR count). The van der Waals surface area contributed by atoms with E-state index in [0.29, 0.717) is 0 Å². The van der Waals surface area contributed by atoms with E-state index in [4.69, 9.17) is 0 Å². The predicted molar refractivity (Wildman–Crippen MR) is 94.5 cm³/mol. The van der Waals surface area contributed by atoms with Crippen LogP contribution < -0.4 is 10.6 Å². The number of halogens is 2. The third kappa shape index (κ3) is 4.85. The summed E-state index contributed by atoms with van der Waals surface area (Å²) in [5, 5.41) is 4.92. The van der Waals surface area contributed by atoms with Crippen LogP contribution in [0, 0.1) is 17.6 Å². The summed E-state index contributed by atoms with van der Waals surface area (Å²) in [4.78, 5) is 40.2. The number of hydrogen-bond acceptors (Lipinski definition) is 6. The molecule has 144 valence electrons. The molecule has 0 aliphatic rings. The average molecular weight is 397 g/mol. The quantitative estimate of drug-likeness (QED) is 0.731. The minimum absolute atomic E-state index is 0.123. The van der Waals surface area contributed by atoms with Gasteiger partial charge in [-0.25, -0.2) is 18.6 Å². The number of carbonyl (C=O) groups is 3. The molecule has 0 unspecified atom stereocenters. The zero-order valence-corrected chi connectivity index (χ0v) is 15.5. The van der Waals surface area contributed by atoms with Crippen LogP contribution in [0.15, 0.2) is 24.4 Å². The highest BCUT2D eigenvalue weighted by molar-refractivity contribution is 7.17. The van der Waals surface area contributed by atoms with E-state index < -0.39 is 41.0 Å². The van der Waals surface area contributed by atoms with E-state index >= 15 is 0 Å². The van der Waals surface area contributed by atoms with Gasteiger partial charge < -0.3 is 15.4 Å². The van der Waals surface area contributed by atoms with Crippen LogP contribution in [-0.4, -0.2) is 35.9 Å². The molecule has 0 saturated heterocycles. The molecule has 0 bridgehead atoms. The van der Waals surface area contributed by atoms with Crippen molar-refractivity contribution in [3.8, 4) is 0 Å². The monoisotopic (exact) mass is 397 g/mol. The topological polar surface area (TPSA) is 97.4 Å². The third-order valence-electron chi connectivity index (χ3n) is 3.55. The van der Waals surface area contributed by atoms with Gasteiger partial charge in [-0.2, -0.15) is 0 Å². The Morgan fingerprint density at radius 3 is 2.37 bits per heavy atom. The molecular formula is C17H17F2N3O4S. The van der Waals surface area contributed by atoms with Crippen molar-refractivity contribution in [3.05, 3.63) is 46.5 Å². The summed E-state index contributed by atoms with van der Waals surface area (Å²) in [6.07, 6.45) is 1.24. The SMILES string of the molecule is COC(=O)c1cnc(NC(=O)[C@H](NC(=O)c2c(F)cccc2F)C(C)C)s1. The van der Waals surface area contributed by atoms with E-state index in [2.05, 4.69) is 20.4 Å². The molecule has 1 aromatic carbocycles. The first-order chi connectivity index (χ1) is 12.7. The van der Waals surface area contributed by atoms with Crippen LogP contribution in [0.2, 0.25) is 0 Å². The van der Waals surface area contributed by atoms with Gasteiger partial charge >= 0.3 is 5.97 Å². The second-order valence-corrected chi connectivity index (χ2v) is 6.83. The average Bonchev–Trinajstić information content (AvgIpc) is 3.06. The highest BCUT2D eigenvalue weighted by Crippen LogP contribution is 2.20. The highest BCUT2D eigenvalue weighted by Gasteiger charge is 2.28. The van der Waals surface area contributed by atoms with Gasteiger partial charge in [0.1, 0.15) is 28.1 Å². The number of amides is 2. The number of ether oxygens (including phenoxy) is 1. The highest BCUT2D eigenvalue weighted by atomic mass is 32.1. The third-order valence-corrected chi connectivity index (χ3v) is 4.44. The number of aromatic nitrogens is 1. The molecule has 7 nitrogen and oxygen atoms in total. The van der Waals surface area contributed by atoms with Crippen molar-refractivity contribution in [1.82, 2.24) is 10.3 Å². The normalized spacial score (nSPS) is 11.8. The molecule has 2 aromatic rings. The van der Waals surface area contributed by atoms with Crippen molar-refractivity contribution in [2.75, 3.05) is 12.4 Å². The van der Waals surface area contributed by atoms with Gasteiger partial charge in [-0.3, -0.25) is 9.59 Å². The number of hydrogen-bond donors (Lipinski definition) is 2. The Morgan fingerprint density at radius 1 is 1.19 bits per heavy atom. The van der Waals surface area contributed by atoms with Gasteiger partial charge in [-0.1, -0.05) is 31.3 Å². The number of carbonyl (C=O) groups excluding carboxylic acids is 3. The Bertz CT molecular complexity index is 849. The molecule has 1 atom stereocenters. The van der Waals surface area contributed by atoms with Crippen molar-refractivity contribution < 1.29 is 27.9 Å². The van der Waals surface area contributed by atoms with Crippen molar-refractivity contribution in [2.45, 2.75) is 19.9 Å². The second kappa shape index (κ2) is 8.67.